The molecule has 6 nitrogen and oxygen atoms in total. The van der Waals surface area contributed by atoms with Gasteiger partial charge in [0, 0.05) is 23.5 Å². The van der Waals surface area contributed by atoms with Crippen molar-refractivity contribution in [3.8, 4) is 11.5 Å². The number of carbonyl (C=O) groups excluding carboxylic acids is 2. The fourth-order valence-electron chi connectivity index (χ4n) is 1.33. The van der Waals surface area contributed by atoms with Gasteiger partial charge in [0.05, 0.1) is 0 Å². The second-order valence-electron chi connectivity index (χ2n) is 3.63. The molecule has 2 aromatic rings. The summed E-state index contributed by atoms with van der Waals surface area (Å²) in [5.74, 6) is 0.290. The second-order valence-corrected chi connectivity index (χ2v) is 3.63. The van der Waals surface area contributed by atoms with Crippen LogP contribution in [0.2, 0.25) is 0 Å². The van der Waals surface area contributed by atoms with Crippen molar-refractivity contribution in [3.63, 3.8) is 0 Å². The fourth-order valence-corrected chi connectivity index (χ4v) is 1.33. The van der Waals surface area contributed by atoms with Gasteiger partial charge in [-0.2, -0.15) is 0 Å². The van der Waals surface area contributed by atoms with Crippen LogP contribution in [0.25, 0.3) is 0 Å². The summed E-state index contributed by atoms with van der Waals surface area (Å²) in [4.78, 5) is 19.8. The minimum absolute atomic E-state index is 0. The number of phenols is 2. The molecule has 0 atom stereocenters. The van der Waals surface area contributed by atoms with Crippen LogP contribution in [0.1, 0.15) is 0 Å². The smallest absolute Gasteiger partial charge is 1.00 e. The maximum absolute atomic E-state index is 9.89. The number of aromatic hydroxyl groups is 2. The van der Waals surface area contributed by atoms with Crippen LogP contribution >= 0.6 is 0 Å². The van der Waals surface area contributed by atoms with E-state index in [1.165, 1.54) is 24.3 Å². The van der Waals surface area contributed by atoms with Crippen molar-refractivity contribution >= 4 is 24.2 Å². The largest absolute Gasteiger partial charge is 2.00 e. The van der Waals surface area contributed by atoms with E-state index in [4.69, 9.17) is 10.2 Å². The zero-order valence-electron chi connectivity index (χ0n) is 11.7. The first-order chi connectivity index (χ1) is 9.65. The third kappa shape index (κ3) is 11.6. The van der Waals surface area contributed by atoms with Crippen LogP contribution in [0.3, 0.4) is 0 Å². The molecule has 0 saturated carbocycles. The Hall–Kier alpha value is -1.56. The summed E-state index contributed by atoms with van der Waals surface area (Å²) in [6.45, 7) is 0. The molecule has 0 bridgehead atoms. The van der Waals surface area contributed by atoms with Crippen molar-refractivity contribution in [2.24, 2.45) is 0 Å². The van der Waals surface area contributed by atoms with E-state index in [-0.39, 0.29) is 62.5 Å². The molecule has 0 aliphatic carbocycles. The molecule has 122 valence electrons. The molecule has 0 aliphatic rings. The van der Waals surface area contributed by atoms with E-state index in [2.05, 4.69) is 10.6 Å². The number of carbonyl (C=O) groups is 2. The molecule has 0 aliphatic heterocycles. The quantitative estimate of drug-likeness (QED) is 0.367. The predicted molar refractivity (Wildman–Crippen MR) is 75.6 cm³/mol. The molecule has 0 spiro atoms. The summed E-state index contributed by atoms with van der Waals surface area (Å²) in [6.07, 6.45) is 1.13. The third-order valence-corrected chi connectivity index (χ3v) is 2.14. The number of amides is 2. The van der Waals surface area contributed by atoms with E-state index in [1.807, 2.05) is 0 Å². The third-order valence-electron chi connectivity index (χ3n) is 2.14. The van der Waals surface area contributed by atoms with Gasteiger partial charge in [0.2, 0.25) is 12.8 Å². The van der Waals surface area contributed by atoms with E-state index < -0.39 is 0 Å². The van der Waals surface area contributed by atoms with Crippen molar-refractivity contribution in [3.05, 3.63) is 48.5 Å². The SMILES string of the molecule is O=CNc1cccc(O)c1.O=CNc1cccc(O)c1.[Cl-].[Cl-].[Zr+2]. The standard InChI is InChI=1S/2C7H7NO2.2ClH.Zr/c2*9-5-8-6-2-1-3-7(10)4-6;;;/h2*1-5,10H,(H,8,9);2*1H;/q;;;;+2/p-2. The first-order valence-corrected chi connectivity index (χ1v) is 5.64. The summed E-state index contributed by atoms with van der Waals surface area (Å²) < 4.78 is 0. The van der Waals surface area contributed by atoms with Gasteiger partial charge in [0.15, 0.2) is 0 Å². The van der Waals surface area contributed by atoms with Crippen molar-refractivity contribution in [1.29, 1.82) is 0 Å². The summed E-state index contributed by atoms with van der Waals surface area (Å²) in [5.41, 5.74) is 1.19. The Morgan fingerprint density at radius 1 is 0.739 bits per heavy atom. The number of benzene rings is 2. The Kier molecular flexibility index (Phi) is 17.6. The molecule has 2 amide bonds. The molecule has 0 saturated heterocycles. The number of hydrogen-bond acceptors (Lipinski definition) is 4. The summed E-state index contributed by atoms with van der Waals surface area (Å²) in [6, 6.07) is 12.7. The molecule has 2 aromatic carbocycles. The summed E-state index contributed by atoms with van der Waals surface area (Å²) >= 11 is 0. The summed E-state index contributed by atoms with van der Waals surface area (Å²) in [7, 11) is 0. The van der Waals surface area contributed by atoms with Gasteiger partial charge in [-0.1, -0.05) is 12.1 Å². The molecule has 0 heterocycles. The van der Waals surface area contributed by atoms with E-state index in [9.17, 15) is 9.59 Å². The molecule has 9 heteroatoms. The maximum atomic E-state index is 9.89. The molecule has 0 unspecified atom stereocenters. The van der Waals surface area contributed by atoms with Crippen LogP contribution in [0.15, 0.2) is 48.5 Å². The van der Waals surface area contributed by atoms with Crippen LogP contribution in [0, 0.1) is 0 Å². The molecule has 4 N–H and O–H groups in total. The van der Waals surface area contributed by atoms with E-state index in [1.54, 1.807) is 24.3 Å². The number of nitrogens with one attached hydrogen (secondary N) is 2. The van der Waals surface area contributed by atoms with E-state index in [0.29, 0.717) is 24.2 Å². The van der Waals surface area contributed by atoms with E-state index >= 15 is 0 Å². The minimum atomic E-state index is 0. The number of rotatable bonds is 4. The van der Waals surface area contributed by atoms with Gasteiger partial charge < -0.3 is 45.7 Å². The van der Waals surface area contributed by atoms with Gasteiger partial charge in [0.25, 0.3) is 0 Å². The molecule has 0 radical (unpaired) electrons. The number of hydrogen-bond donors (Lipinski definition) is 4. The Labute approximate surface area is 165 Å². The van der Waals surface area contributed by atoms with Crippen LogP contribution in [0.5, 0.6) is 11.5 Å². The first kappa shape index (κ1) is 26.3. The number of anilines is 2. The Balaban J connectivity index is -0.000000308. The zero-order chi connectivity index (χ0) is 14.8. The zero-order valence-corrected chi connectivity index (χ0v) is 15.7. The summed E-state index contributed by atoms with van der Waals surface area (Å²) in [5, 5.41) is 22.6. The van der Waals surface area contributed by atoms with Gasteiger partial charge in [0.1, 0.15) is 11.5 Å². The minimum Gasteiger partial charge on any atom is -1.00 e. The average Bonchev–Trinajstić information content (AvgIpc) is 2.40. The Bertz CT molecular complexity index is 537. The molecule has 0 aromatic heterocycles. The van der Waals surface area contributed by atoms with Gasteiger partial charge in [-0.05, 0) is 24.3 Å². The van der Waals surface area contributed by atoms with Crippen molar-refractivity contribution in [2.45, 2.75) is 0 Å². The maximum Gasteiger partial charge on any atom is 2.00 e. The Morgan fingerprint density at radius 2 is 1.09 bits per heavy atom. The van der Waals surface area contributed by atoms with Crippen molar-refractivity contribution in [2.75, 3.05) is 10.6 Å². The van der Waals surface area contributed by atoms with Crippen LogP contribution in [-0.4, -0.2) is 23.0 Å². The van der Waals surface area contributed by atoms with Crippen LogP contribution < -0.4 is 35.4 Å². The first-order valence-electron chi connectivity index (χ1n) is 5.64. The van der Waals surface area contributed by atoms with Crippen LogP contribution in [0.4, 0.5) is 11.4 Å². The number of phenolic OH excluding ortho intramolecular Hbond substituents is 2. The van der Waals surface area contributed by atoms with Gasteiger partial charge >= 0.3 is 26.2 Å². The van der Waals surface area contributed by atoms with Crippen LogP contribution in [-0.2, 0) is 35.8 Å². The van der Waals surface area contributed by atoms with Crippen molar-refractivity contribution in [1.82, 2.24) is 0 Å². The van der Waals surface area contributed by atoms with Crippen molar-refractivity contribution < 1.29 is 70.8 Å². The molecule has 2 rings (SSSR count). The average molecular weight is 436 g/mol. The monoisotopic (exact) mass is 434 g/mol. The topological polar surface area (TPSA) is 98.7 Å². The number of halogens is 2. The molecular weight excluding hydrogens is 422 g/mol. The van der Waals surface area contributed by atoms with Gasteiger partial charge in [-0.25, -0.2) is 0 Å². The molecular formula is C14H14Cl2N2O4Zr. The second kappa shape index (κ2) is 15.3. The predicted octanol–water partition coefficient (Wildman–Crippen LogP) is -4.07. The fraction of sp³-hybridized carbons (Fsp3) is 0. The molecule has 23 heavy (non-hydrogen) atoms. The normalized spacial score (nSPS) is 7.65. The Morgan fingerprint density at radius 3 is 1.35 bits per heavy atom. The van der Waals surface area contributed by atoms with Gasteiger partial charge in [-0.3, -0.25) is 9.59 Å². The van der Waals surface area contributed by atoms with Gasteiger partial charge in [-0.15, -0.1) is 0 Å². The molecule has 0 fully saturated rings. The van der Waals surface area contributed by atoms with E-state index in [0.717, 1.165) is 0 Å².